The lowest BCUT2D eigenvalue weighted by Crippen LogP contribution is -2.58. The highest BCUT2D eigenvalue weighted by atomic mass is 127. The van der Waals surface area contributed by atoms with Gasteiger partial charge in [0.2, 0.25) is 6.08 Å². The van der Waals surface area contributed by atoms with Gasteiger partial charge in [-0.15, -0.1) is 0 Å². The van der Waals surface area contributed by atoms with Gasteiger partial charge < -0.3 is 18.9 Å². The van der Waals surface area contributed by atoms with E-state index < -0.39 is 36.5 Å². The maximum absolute atomic E-state index is 11.4. The topological polar surface area (TPSA) is 100 Å². The zero-order valence-electron chi connectivity index (χ0n) is 13.9. The van der Waals surface area contributed by atoms with E-state index in [1.807, 2.05) is 6.92 Å². The normalized spacial score (nSPS) is 29.4. The summed E-state index contributed by atoms with van der Waals surface area (Å²) in [6, 6.07) is 0. The van der Waals surface area contributed by atoms with Gasteiger partial charge in [0.15, 0.2) is 12.3 Å². The fraction of sp³-hybridized carbons (Fsp3) is 0.800. The molecule has 0 N–H and O–H groups in total. The number of hydrogen-bond acceptors (Lipinski definition) is 8. The third-order valence-corrected chi connectivity index (χ3v) is 4.84. The van der Waals surface area contributed by atoms with Crippen molar-refractivity contribution in [1.82, 2.24) is 0 Å². The van der Waals surface area contributed by atoms with Crippen LogP contribution in [0.1, 0.15) is 33.6 Å². The van der Waals surface area contributed by atoms with Gasteiger partial charge in [-0.05, 0) is 6.42 Å². The molecule has 1 fully saturated rings. The Bertz CT molecular complexity index is 480. The van der Waals surface area contributed by atoms with Gasteiger partial charge >= 0.3 is 11.9 Å². The molecule has 1 saturated heterocycles. The van der Waals surface area contributed by atoms with E-state index in [0.29, 0.717) is 6.61 Å². The molecule has 0 aromatic heterocycles. The first-order valence-electron chi connectivity index (χ1n) is 7.69. The minimum atomic E-state index is -1.05. The summed E-state index contributed by atoms with van der Waals surface area (Å²) in [5, 5.41) is 0. The Morgan fingerprint density at radius 2 is 1.96 bits per heavy atom. The van der Waals surface area contributed by atoms with Crippen LogP contribution in [0.15, 0.2) is 4.99 Å². The Kier molecular flexibility index (Phi) is 9.42. The predicted octanol–water partition coefficient (Wildman–Crippen LogP) is 1.53. The molecule has 0 aromatic rings. The van der Waals surface area contributed by atoms with E-state index in [9.17, 15) is 14.4 Å². The lowest BCUT2D eigenvalue weighted by atomic mass is 10.0. The third kappa shape index (κ3) is 6.46. The molecule has 1 aliphatic heterocycles. The van der Waals surface area contributed by atoms with Crippen molar-refractivity contribution in [3.8, 4) is 0 Å². The monoisotopic (exact) mass is 455 g/mol. The lowest BCUT2D eigenvalue weighted by molar-refractivity contribution is -0.204. The van der Waals surface area contributed by atoms with E-state index in [-0.39, 0.29) is 10.5 Å². The van der Waals surface area contributed by atoms with Crippen LogP contribution < -0.4 is 0 Å². The van der Waals surface area contributed by atoms with Gasteiger partial charge in [0, 0.05) is 20.5 Å². The minimum absolute atomic E-state index is 0.00571. The highest BCUT2D eigenvalue weighted by Gasteiger charge is 2.48. The van der Waals surface area contributed by atoms with E-state index in [1.165, 1.54) is 19.9 Å². The number of hydrogen-bond donors (Lipinski definition) is 0. The summed E-state index contributed by atoms with van der Waals surface area (Å²) < 4.78 is 21.5. The molecule has 0 aliphatic carbocycles. The van der Waals surface area contributed by atoms with Crippen LogP contribution >= 0.6 is 22.6 Å². The van der Waals surface area contributed by atoms with Crippen LogP contribution in [0.25, 0.3) is 0 Å². The second-order valence-electron chi connectivity index (χ2n) is 5.30. The van der Waals surface area contributed by atoms with Crippen molar-refractivity contribution in [3.63, 3.8) is 0 Å². The van der Waals surface area contributed by atoms with Crippen LogP contribution in [0.2, 0.25) is 0 Å². The van der Waals surface area contributed by atoms with Crippen molar-refractivity contribution >= 4 is 40.6 Å². The van der Waals surface area contributed by atoms with E-state index in [4.69, 9.17) is 18.9 Å². The number of alkyl halides is 1. The van der Waals surface area contributed by atoms with E-state index in [0.717, 1.165) is 12.8 Å². The van der Waals surface area contributed by atoms with Crippen LogP contribution in [0.3, 0.4) is 0 Å². The Morgan fingerprint density at radius 3 is 2.50 bits per heavy atom. The summed E-state index contributed by atoms with van der Waals surface area (Å²) in [4.78, 5) is 36.7. The average molecular weight is 455 g/mol. The number of rotatable bonds is 8. The number of unbranched alkanes of at least 4 members (excludes halogenated alkanes) is 1. The van der Waals surface area contributed by atoms with Gasteiger partial charge in [0.1, 0.15) is 18.8 Å². The molecule has 0 aromatic carbocycles. The van der Waals surface area contributed by atoms with Crippen molar-refractivity contribution < 1.29 is 33.3 Å². The minimum Gasteiger partial charge on any atom is -0.463 e. The summed E-state index contributed by atoms with van der Waals surface area (Å²) in [6.07, 6.45) is 0.197. The number of carbonyl (C=O) groups is 2. The Balaban J connectivity index is 2.97. The number of aliphatic imine (C=N–C) groups is 1. The predicted molar refractivity (Wildman–Crippen MR) is 91.4 cm³/mol. The summed E-state index contributed by atoms with van der Waals surface area (Å²) in [5.41, 5.74) is 0. The summed E-state index contributed by atoms with van der Waals surface area (Å²) in [5.74, 6) is -0.968. The van der Waals surface area contributed by atoms with Crippen molar-refractivity contribution in [2.75, 3.05) is 13.2 Å². The fourth-order valence-corrected chi connectivity index (χ4v) is 3.23. The summed E-state index contributed by atoms with van der Waals surface area (Å²) in [7, 11) is 0. The zero-order valence-corrected chi connectivity index (χ0v) is 16.1. The first kappa shape index (κ1) is 21.0. The molecule has 24 heavy (non-hydrogen) atoms. The maximum atomic E-state index is 11.4. The SMILES string of the molecule is CCCCO[C@H]1C(I)[C@@H](COC(C)=O)O[C@@H](N=C=O)[C@@H]1OC(C)=O. The Hall–Kier alpha value is -1.03. The number of halogens is 1. The fourth-order valence-electron chi connectivity index (χ4n) is 2.24. The molecule has 9 heteroatoms. The summed E-state index contributed by atoms with van der Waals surface area (Å²) in [6.45, 7) is 5.05. The molecule has 1 aliphatic rings. The van der Waals surface area contributed by atoms with Crippen LogP contribution in [-0.4, -0.2) is 59.7 Å². The van der Waals surface area contributed by atoms with Crippen molar-refractivity contribution in [1.29, 1.82) is 0 Å². The van der Waals surface area contributed by atoms with Gasteiger partial charge in [-0.25, -0.2) is 4.79 Å². The molecule has 136 valence electrons. The van der Waals surface area contributed by atoms with Crippen LogP contribution in [0, 0.1) is 0 Å². The molecule has 0 saturated carbocycles. The standard InChI is InChI=1S/C15H22INO7/c1-4-5-6-21-13-12(16)11(7-22-9(2)19)24-15(17-8-18)14(13)23-10(3)20/h11-15H,4-7H2,1-3H3/t11-,12?,13+,14-,15-/m1/s1. The number of carbonyl (C=O) groups excluding carboxylic acids is 3. The van der Waals surface area contributed by atoms with Crippen LogP contribution in [-0.2, 0) is 33.3 Å². The number of ether oxygens (including phenoxy) is 4. The largest absolute Gasteiger partial charge is 0.463 e. The molecule has 8 nitrogen and oxygen atoms in total. The molecule has 0 radical (unpaired) electrons. The third-order valence-electron chi connectivity index (χ3n) is 3.33. The Labute approximate surface area is 154 Å². The number of esters is 2. The van der Waals surface area contributed by atoms with Crippen LogP contribution in [0.5, 0.6) is 0 Å². The molecule has 0 amide bonds. The number of isocyanates is 1. The maximum Gasteiger partial charge on any atom is 0.303 e. The first-order valence-corrected chi connectivity index (χ1v) is 8.94. The average Bonchev–Trinajstić information content (AvgIpc) is 2.51. The second-order valence-corrected chi connectivity index (χ2v) is 6.73. The van der Waals surface area contributed by atoms with Gasteiger partial charge in [-0.2, -0.15) is 4.99 Å². The van der Waals surface area contributed by atoms with E-state index in [1.54, 1.807) is 0 Å². The molecular weight excluding hydrogens is 433 g/mol. The summed E-state index contributed by atoms with van der Waals surface area (Å²) >= 11 is 2.11. The van der Waals surface area contributed by atoms with Crippen LogP contribution in [0.4, 0.5) is 0 Å². The van der Waals surface area contributed by atoms with Gasteiger partial charge in [-0.3, -0.25) is 9.59 Å². The molecule has 1 rings (SSSR count). The second kappa shape index (κ2) is 10.8. The number of nitrogens with zero attached hydrogens (tertiary/aromatic N) is 1. The highest BCUT2D eigenvalue weighted by molar-refractivity contribution is 14.1. The highest BCUT2D eigenvalue weighted by Crippen LogP contribution is 2.32. The lowest BCUT2D eigenvalue weighted by Gasteiger charge is -2.41. The van der Waals surface area contributed by atoms with Crippen molar-refractivity contribution in [3.05, 3.63) is 0 Å². The smallest absolute Gasteiger partial charge is 0.303 e. The quantitative estimate of drug-likeness (QED) is 0.137. The first-order chi connectivity index (χ1) is 11.4. The molecule has 0 bridgehead atoms. The van der Waals surface area contributed by atoms with Crippen molar-refractivity contribution in [2.24, 2.45) is 4.99 Å². The van der Waals surface area contributed by atoms with Gasteiger partial charge in [0.25, 0.3) is 0 Å². The van der Waals surface area contributed by atoms with Crippen molar-refractivity contribution in [2.45, 2.75) is 62.1 Å². The molecular formula is C15H22INO7. The van der Waals surface area contributed by atoms with E-state index >= 15 is 0 Å². The Morgan fingerprint density at radius 1 is 1.25 bits per heavy atom. The molecule has 5 atom stereocenters. The molecule has 1 heterocycles. The molecule has 0 spiro atoms. The van der Waals surface area contributed by atoms with Gasteiger partial charge in [-0.1, -0.05) is 35.9 Å². The van der Waals surface area contributed by atoms with Gasteiger partial charge in [0.05, 0.1) is 3.92 Å². The van der Waals surface area contributed by atoms with E-state index in [2.05, 4.69) is 27.6 Å². The molecule has 1 unspecified atom stereocenters. The zero-order chi connectivity index (χ0) is 18.1.